The molecule has 3 nitrogen and oxygen atoms in total. The van der Waals surface area contributed by atoms with Crippen molar-refractivity contribution in [3.63, 3.8) is 0 Å². The molecule has 0 aromatic carbocycles. The van der Waals surface area contributed by atoms with Gasteiger partial charge in [-0.25, -0.2) is 0 Å². The molecule has 0 bridgehead atoms. The van der Waals surface area contributed by atoms with Crippen molar-refractivity contribution >= 4 is 17.6 Å². The van der Waals surface area contributed by atoms with E-state index in [1.807, 2.05) is 6.92 Å². The number of piperidine rings is 1. The monoisotopic (exact) mass is 231 g/mol. The van der Waals surface area contributed by atoms with Gasteiger partial charge in [0.2, 0.25) is 0 Å². The van der Waals surface area contributed by atoms with E-state index < -0.39 is 5.97 Å². The molecular weight excluding hydrogens is 214 g/mol. The van der Waals surface area contributed by atoms with Crippen LogP contribution < -0.4 is 0 Å². The molecule has 0 spiro atoms. The van der Waals surface area contributed by atoms with Crippen LogP contribution in [0.2, 0.25) is 0 Å². The number of hydrogen-bond acceptors (Lipinski definition) is 2. The predicted octanol–water partition coefficient (Wildman–Crippen LogP) is 2.46. The number of rotatable bonds is 4. The summed E-state index contributed by atoms with van der Waals surface area (Å²) in [6, 6.07) is 0.183. The molecule has 0 radical (unpaired) electrons. The summed E-state index contributed by atoms with van der Waals surface area (Å²) in [4.78, 5) is 12.9. The lowest BCUT2D eigenvalue weighted by Crippen LogP contribution is -2.41. The molecule has 15 heavy (non-hydrogen) atoms. The van der Waals surface area contributed by atoms with Crippen molar-refractivity contribution < 1.29 is 9.90 Å². The maximum absolute atomic E-state index is 10.7. The molecule has 4 heteroatoms. The van der Waals surface area contributed by atoms with Crippen LogP contribution in [0.5, 0.6) is 0 Å². The van der Waals surface area contributed by atoms with Crippen molar-refractivity contribution in [3.8, 4) is 0 Å². The number of carboxylic acids is 1. The van der Waals surface area contributed by atoms with Gasteiger partial charge in [-0.05, 0) is 31.9 Å². The molecule has 1 saturated heterocycles. The molecule has 1 fully saturated rings. The lowest BCUT2D eigenvalue weighted by atomic mass is 9.99. The Labute approximate surface area is 95.7 Å². The van der Waals surface area contributed by atoms with Gasteiger partial charge in [-0.3, -0.25) is 9.69 Å². The van der Waals surface area contributed by atoms with Gasteiger partial charge in [-0.15, -0.1) is 0 Å². The quantitative estimate of drug-likeness (QED) is 0.808. The second kappa shape index (κ2) is 6.13. The Kier molecular flexibility index (Phi) is 5.12. The second-order valence-corrected chi connectivity index (χ2v) is 4.39. The van der Waals surface area contributed by atoms with E-state index in [9.17, 15) is 4.79 Å². The molecule has 1 aliphatic rings. The maximum atomic E-state index is 10.7. The Balaban J connectivity index is 2.53. The molecule has 1 unspecified atom stereocenters. The average Bonchev–Trinajstić information content (AvgIpc) is 2.20. The molecule has 0 aromatic heterocycles. The number of likely N-dealkylation sites (tertiary alicyclic amines) is 1. The van der Waals surface area contributed by atoms with Crippen LogP contribution in [0.15, 0.2) is 11.1 Å². The van der Waals surface area contributed by atoms with Crippen molar-refractivity contribution in [1.82, 2.24) is 4.90 Å². The summed E-state index contributed by atoms with van der Waals surface area (Å²) in [5, 5.41) is 8.81. The third kappa shape index (κ3) is 4.22. The van der Waals surface area contributed by atoms with Crippen molar-refractivity contribution in [1.29, 1.82) is 0 Å². The van der Waals surface area contributed by atoms with Crippen molar-refractivity contribution in [2.75, 3.05) is 13.1 Å². The minimum atomic E-state index is -0.709. The van der Waals surface area contributed by atoms with E-state index in [4.69, 9.17) is 16.7 Å². The van der Waals surface area contributed by atoms with E-state index >= 15 is 0 Å². The van der Waals surface area contributed by atoms with Gasteiger partial charge < -0.3 is 5.11 Å². The Bertz CT molecular complexity index is 253. The van der Waals surface area contributed by atoms with E-state index in [-0.39, 0.29) is 12.5 Å². The zero-order chi connectivity index (χ0) is 11.3. The number of hydrogen-bond donors (Lipinski definition) is 1. The highest BCUT2D eigenvalue weighted by atomic mass is 35.5. The second-order valence-electron chi connectivity index (χ2n) is 4.17. The molecule has 1 atom stereocenters. The van der Waals surface area contributed by atoms with Crippen LogP contribution in [0.3, 0.4) is 0 Å². The topological polar surface area (TPSA) is 40.5 Å². The Morgan fingerprint density at radius 2 is 2.33 bits per heavy atom. The summed E-state index contributed by atoms with van der Waals surface area (Å²) in [7, 11) is 0. The number of halogens is 1. The molecule has 86 valence electrons. The van der Waals surface area contributed by atoms with E-state index in [0.717, 1.165) is 37.9 Å². The van der Waals surface area contributed by atoms with Crippen LogP contribution >= 0.6 is 11.6 Å². The first kappa shape index (κ1) is 12.5. The SMILES string of the molecule is CC(=CCl)CN1CCCCC1CC(=O)O. The largest absolute Gasteiger partial charge is 0.481 e. The normalized spacial score (nSPS) is 24.1. The highest BCUT2D eigenvalue weighted by molar-refractivity contribution is 6.25. The first-order chi connectivity index (χ1) is 7.13. The van der Waals surface area contributed by atoms with Crippen LogP contribution in [-0.2, 0) is 4.79 Å². The molecule has 1 rings (SSSR count). The summed E-state index contributed by atoms with van der Waals surface area (Å²) >= 11 is 5.62. The third-order valence-corrected chi connectivity index (χ3v) is 3.17. The van der Waals surface area contributed by atoms with E-state index in [0.29, 0.717) is 0 Å². The van der Waals surface area contributed by atoms with Gasteiger partial charge in [-0.1, -0.05) is 18.0 Å². The molecule has 1 N–H and O–H groups in total. The summed E-state index contributed by atoms with van der Waals surface area (Å²) in [5.41, 5.74) is 2.67. The number of carbonyl (C=O) groups is 1. The van der Waals surface area contributed by atoms with E-state index in [1.54, 1.807) is 5.54 Å². The Morgan fingerprint density at radius 1 is 1.60 bits per heavy atom. The lowest BCUT2D eigenvalue weighted by Gasteiger charge is -2.35. The van der Waals surface area contributed by atoms with Crippen molar-refractivity contribution in [3.05, 3.63) is 11.1 Å². The van der Waals surface area contributed by atoms with Crippen LogP contribution in [0.4, 0.5) is 0 Å². The molecule has 0 amide bonds. The minimum Gasteiger partial charge on any atom is -0.481 e. The third-order valence-electron chi connectivity index (χ3n) is 2.80. The van der Waals surface area contributed by atoms with E-state index in [2.05, 4.69) is 4.90 Å². The summed E-state index contributed by atoms with van der Waals surface area (Å²) in [6.45, 7) is 3.75. The summed E-state index contributed by atoms with van der Waals surface area (Å²) < 4.78 is 0. The van der Waals surface area contributed by atoms with Gasteiger partial charge in [-0.2, -0.15) is 0 Å². The first-order valence-electron chi connectivity index (χ1n) is 5.35. The van der Waals surface area contributed by atoms with Gasteiger partial charge in [0.05, 0.1) is 6.42 Å². The van der Waals surface area contributed by atoms with Gasteiger partial charge in [0.15, 0.2) is 0 Å². The van der Waals surface area contributed by atoms with E-state index in [1.165, 1.54) is 0 Å². The number of nitrogens with zero attached hydrogens (tertiary/aromatic N) is 1. The molecule has 1 heterocycles. The highest BCUT2D eigenvalue weighted by Crippen LogP contribution is 2.20. The smallest absolute Gasteiger partial charge is 0.304 e. The van der Waals surface area contributed by atoms with Crippen LogP contribution in [0.25, 0.3) is 0 Å². The fourth-order valence-electron chi connectivity index (χ4n) is 2.06. The van der Waals surface area contributed by atoms with Crippen molar-refractivity contribution in [2.24, 2.45) is 0 Å². The molecule has 0 aromatic rings. The van der Waals surface area contributed by atoms with Gasteiger partial charge in [0.1, 0.15) is 0 Å². The Hall–Kier alpha value is -0.540. The molecular formula is C11H18ClNO2. The first-order valence-corrected chi connectivity index (χ1v) is 5.79. The number of carboxylic acid groups (broad SMARTS) is 1. The standard InChI is InChI=1S/C11H18ClNO2/c1-9(7-12)8-13-5-3-2-4-10(13)6-11(14)15/h7,10H,2-6,8H2,1H3,(H,14,15). The zero-order valence-electron chi connectivity index (χ0n) is 9.08. The zero-order valence-corrected chi connectivity index (χ0v) is 9.83. The van der Waals surface area contributed by atoms with Gasteiger partial charge in [0.25, 0.3) is 0 Å². The number of aliphatic carboxylic acids is 1. The summed E-state index contributed by atoms with van der Waals surface area (Å²) in [6.07, 6.45) is 3.53. The summed E-state index contributed by atoms with van der Waals surface area (Å²) in [5.74, 6) is -0.709. The van der Waals surface area contributed by atoms with Crippen molar-refractivity contribution in [2.45, 2.75) is 38.6 Å². The molecule has 0 saturated carbocycles. The maximum Gasteiger partial charge on any atom is 0.304 e. The molecule has 1 aliphatic heterocycles. The van der Waals surface area contributed by atoms with Crippen LogP contribution in [-0.4, -0.2) is 35.1 Å². The average molecular weight is 232 g/mol. The fraction of sp³-hybridized carbons (Fsp3) is 0.727. The van der Waals surface area contributed by atoms with Crippen LogP contribution in [0.1, 0.15) is 32.6 Å². The fourth-order valence-corrected chi connectivity index (χ4v) is 2.12. The lowest BCUT2D eigenvalue weighted by molar-refractivity contribution is -0.138. The predicted molar refractivity (Wildman–Crippen MR) is 61.1 cm³/mol. The minimum absolute atomic E-state index is 0.183. The van der Waals surface area contributed by atoms with Gasteiger partial charge >= 0.3 is 5.97 Å². The van der Waals surface area contributed by atoms with Gasteiger partial charge in [0, 0.05) is 18.1 Å². The van der Waals surface area contributed by atoms with Crippen LogP contribution in [0, 0.1) is 0 Å². The highest BCUT2D eigenvalue weighted by Gasteiger charge is 2.24. The molecule has 0 aliphatic carbocycles. The Morgan fingerprint density at radius 3 is 2.93 bits per heavy atom.